The number of halogens is 1. The van der Waals surface area contributed by atoms with E-state index in [1.807, 2.05) is 6.92 Å². The number of carbonyl (C=O) groups is 1. The molecule has 1 N–H and O–H groups in total. The number of rotatable bonds is 3. The zero-order valence-corrected chi connectivity index (χ0v) is 18.1. The number of carbonyl (C=O) groups excluding carboxylic acids is 1. The van der Waals surface area contributed by atoms with E-state index in [0.717, 1.165) is 43.9 Å². The van der Waals surface area contributed by atoms with E-state index in [4.69, 9.17) is 0 Å². The first kappa shape index (κ1) is 21.5. The van der Waals surface area contributed by atoms with Gasteiger partial charge in [-0.05, 0) is 43.5 Å². The second kappa shape index (κ2) is 8.28. The Hall–Kier alpha value is -1.19. The number of fused-ring (bicyclic) bond motifs is 1. The lowest BCUT2D eigenvalue weighted by Crippen LogP contribution is -2.49. The van der Waals surface area contributed by atoms with Crippen molar-refractivity contribution in [2.75, 3.05) is 44.2 Å². The number of anilines is 1. The first-order valence-corrected chi connectivity index (χ1v) is 11.2. The number of sulfonamides is 1. The molecule has 9 heteroatoms. The van der Waals surface area contributed by atoms with Gasteiger partial charge in [-0.3, -0.25) is 9.69 Å². The molecule has 2 saturated heterocycles. The molecule has 3 aliphatic heterocycles. The average molecular weight is 429 g/mol. The first-order valence-electron chi connectivity index (χ1n) is 9.75. The minimum atomic E-state index is -3.50. The summed E-state index contributed by atoms with van der Waals surface area (Å²) >= 11 is 0. The van der Waals surface area contributed by atoms with E-state index < -0.39 is 10.0 Å². The van der Waals surface area contributed by atoms with Gasteiger partial charge < -0.3 is 10.2 Å². The lowest BCUT2D eigenvalue weighted by molar-refractivity contribution is -0.116. The van der Waals surface area contributed by atoms with Crippen LogP contribution in [0.1, 0.15) is 25.8 Å². The molecule has 2 unspecified atom stereocenters. The molecule has 156 valence electrons. The molecule has 1 amide bonds. The molecular weight excluding hydrogens is 400 g/mol. The van der Waals surface area contributed by atoms with Gasteiger partial charge in [-0.2, -0.15) is 4.31 Å². The zero-order valence-electron chi connectivity index (χ0n) is 16.4. The highest BCUT2D eigenvalue weighted by Gasteiger charge is 2.37. The Kier molecular flexibility index (Phi) is 6.36. The monoisotopic (exact) mass is 428 g/mol. The summed E-state index contributed by atoms with van der Waals surface area (Å²) in [6.45, 7) is 8.59. The van der Waals surface area contributed by atoms with Crippen LogP contribution in [0, 0.1) is 0 Å². The van der Waals surface area contributed by atoms with Crippen molar-refractivity contribution in [2.45, 2.75) is 43.7 Å². The molecule has 4 rings (SSSR count). The van der Waals surface area contributed by atoms with Gasteiger partial charge in [0, 0.05) is 64.0 Å². The fourth-order valence-corrected chi connectivity index (χ4v) is 6.21. The van der Waals surface area contributed by atoms with Crippen LogP contribution in [0.3, 0.4) is 0 Å². The SMILES string of the molecule is CC(=O)N1c2ccc(S(=O)(=O)N3CCC(N4CCNCC4)C3)cc2CC1C.Cl. The Morgan fingerprint density at radius 3 is 2.57 bits per heavy atom. The van der Waals surface area contributed by atoms with E-state index in [0.29, 0.717) is 30.4 Å². The second-order valence-corrected chi connectivity index (χ2v) is 9.76. The number of amides is 1. The lowest BCUT2D eigenvalue weighted by Gasteiger charge is -2.32. The van der Waals surface area contributed by atoms with Crippen LogP contribution in [0.4, 0.5) is 5.69 Å². The number of hydrogen-bond donors (Lipinski definition) is 1. The van der Waals surface area contributed by atoms with Gasteiger partial charge >= 0.3 is 0 Å². The van der Waals surface area contributed by atoms with Crippen LogP contribution >= 0.6 is 12.4 Å². The fourth-order valence-electron chi connectivity index (χ4n) is 4.67. The molecule has 1 aromatic carbocycles. The van der Waals surface area contributed by atoms with Gasteiger partial charge in [-0.1, -0.05) is 0 Å². The van der Waals surface area contributed by atoms with E-state index in [1.54, 1.807) is 34.3 Å². The molecule has 3 aliphatic rings. The summed E-state index contributed by atoms with van der Waals surface area (Å²) < 4.78 is 28.0. The van der Waals surface area contributed by atoms with Crippen molar-refractivity contribution in [1.82, 2.24) is 14.5 Å². The number of benzene rings is 1. The summed E-state index contributed by atoms with van der Waals surface area (Å²) in [7, 11) is -3.50. The van der Waals surface area contributed by atoms with E-state index in [2.05, 4.69) is 10.2 Å². The van der Waals surface area contributed by atoms with Crippen molar-refractivity contribution in [3.8, 4) is 0 Å². The molecule has 0 bridgehead atoms. The smallest absolute Gasteiger partial charge is 0.243 e. The maximum absolute atomic E-state index is 13.2. The predicted molar refractivity (Wildman–Crippen MR) is 112 cm³/mol. The summed E-state index contributed by atoms with van der Waals surface area (Å²) in [5, 5.41) is 3.34. The van der Waals surface area contributed by atoms with Crippen molar-refractivity contribution in [1.29, 1.82) is 0 Å². The van der Waals surface area contributed by atoms with E-state index >= 15 is 0 Å². The van der Waals surface area contributed by atoms with Crippen LogP contribution in [-0.2, 0) is 21.2 Å². The Balaban J connectivity index is 0.00000225. The number of nitrogens with one attached hydrogen (secondary N) is 1. The molecule has 7 nitrogen and oxygen atoms in total. The van der Waals surface area contributed by atoms with Gasteiger partial charge in [0.05, 0.1) is 4.90 Å². The Morgan fingerprint density at radius 2 is 1.89 bits per heavy atom. The minimum Gasteiger partial charge on any atom is -0.314 e. The van der Waals surface area contributed by atoms with Crippen molar-refractivity contribution in [3.63, 3.8) is 0 Å². The largest absolute Gasteiger partial charge is 0.314 e. The summed E-state index contributed by atoms with van der Waals surface area (Å²) in [5.41, 5.74) is 1.78. The van der Waals surface area contributed by atoms with Gasteiger partial charge in [0.25, 0.3) is 0 Å². The van der Waals surface area contributed by atoms with Crippen LogP contribution in [0.5, 0.6) is 0 Å². The lowest BCUT2D eigenvalue weighted by atomic mass is 10.1. The van der Waals surface area contributed by atoms with Crippen molar-refractivity contribution in [3.05, 3.63) is 23.8 Å². The maximum atomic E-state index is 13.2. The maximum Gasteiger partial charge on any atom is 0.243 e. The average Bonchev–Trinajstić information content (AvgIpc) is 3.26. The highest BCUT2D eigenvalue weighted by molar-refractivity contribution is 7.89. The fraction of sp³-hybridized carbons (Fsp3) is 0.632. The van der Waals surface area contributed by atoms with Crippen LogP contribution in [0.15, 0.2) is 23.1 Å². The number of nitrogens with zero attached hydrogens (tertiary/aromatic N) is 3. The molecule has 0 radical (unpaired) electrons. The number of piperazine rings is 1. The van der Waals surface area contributed by atoms with Gasteiger partial charge in [0.1, 0.15) is 0 Å². The van der Waals surface area contributed by atoms with E-state index in [9.17, 15) is 13.2 Å². The summed E-state index contributed by atoms with van der Waals surface area (Å²) in [5.74, 6) is -0.00439. The van der Waals surface area contributed by atoms with Crippen LogP contribution in [-0.4, -0.2) is 74.9 Å². The molecule has 0 saturated carbocycles. The quantitative estimate of drug-likeness (QED) is 0.779. The van der Waals surface area contributed by atoms with E-state index in [-0.39, 0.29) is 24.4 Å². The molecule has 1 aromatic rings. The summed E-state index contributed by atoms with van der Waals surface area (Å²) in [6.07, 6.45) is 1.58. The Morgan fingerprint density at radius 1 is 1.18 bits per heavy atom. The Labute approximate surface area is 173 Å². The standard InChI is InChI=1S/C19H28N4O3S.ClH/c1-14-11-16-12-18(3-4-19(16)23(14)15(2)24)27(25,26)22-8-5-17(13-22)21-9-6-20-7-10-21;/h3-4,12,14,17,20H,5-11,13H2,1-2H3;1H. The normalized spacial score (nSPS) is 26.1. The third-order valence-electron chi connectivity index (χ3n) is 6.04. The van der Waals surface area contributed by atoms with Gasteiger partial charge in [0.2, 0.25) is 15.9 Å². The molecular formula is C19H29ClN4O3S. The highest BCUT2D eigenvalue weighted by Crippen LogP contribution is 2.35. The third-order valence-corrected chi connectivity index (χ3v) is 7.90. The topological polar surface area (TPSA) is 73.0 Å². The molecule has 0 aromatic heterocycles. The third kappa shape index (κ3) is 3.80. The van der Waals surface area contributed by atoms with Crippen molar-refractivity contribution in [2.24, 2.45) is 0 Å². The van der Waals surface area contributed by atoms with Crippen molar-refractivity contribution >= 4 is 34.0 Å². The molecule has 3 heterocycles. The molecule has 0 aliphatic carbocycles. The van der Waals surface area contributed by atoms with Gasteiger partial charge in [-0.15, -0.1) is 12.4 Å². The highest BCUT2D eigenvalue weighted by atomic mass is 35.5. The Bertz CT molecular complexity index is 842. The minimum absolute atomic E-state index is 0. The van der Waals surface area contributed by atoms with Crippen LogP contribution in [0.2, 0.25) is 0 Å². The first-order chi connectivity index (χ1) is 12.9. The van der Waals surface area contributed by atoms with Crippen LogP contribution in [0.25, 0.3) is 0 Å². The molecule has 0 spiro atoms. The van der Waals surface area contributed by atoms with E-state index in [1.165, 1.54) is 0 Å². The molecule has 2 fully saturated rings. The molecule has 28 heavy (non-hydrogen) atoms. The predicted octanol–water partition coefficient (Wildman–Crippen LogP) is 1.07. The summed E-state index contributed by atoms with van der Waals surface area (Å²) in [4.78, 5) is 16.4. The van der Waals surface area contributed by atoms with Gasteiger partial charge in [0.15, 0.2) is 0 Å². The summed E-state index contributed by atoms with van der Waals surface area (Å²) in [6, 6.07) is 5.59. The molecule has 2 atom stereocenters. The number of hydrogen-bond acceptors (Lipinski definition) is 5. The van der Waals surface area contributed by atoms with Crippen molar-refractivity contribution < 1.29 is 13.2 Å². The van der Waals surface area contributed by atoms with Crippen LogP contribution < -0.4 is 10.2 Å². The zero-order chi connectivity index (χ0) is 19.2. The van der Waals surface area contributed by atoms with Gasteiger partial charge in [-0.25, -0.2) is 8.42 Å². The second-order valence-electron chi connectivity index (χ2n) is 7.82.